The van der Waals surface area contributed by atoms with E-state index in [4.69, 9.17) is 4.74 Å². The van der Waals surface area contributed by atoms with Crippen LogP contribution in [0.25, 0.3) is 0 Å². The second-order valence-corrected chi connectivity index (χ2v) is 11.8. The molecule has 2 aliphatic heterocycles. The molecule has 164 valence electrons. The van der Waals surface area contributed by atoms with Gasteiger partial charge in [0, 0.05) is 30.4 Å². The average Bonchev–Trinajstić information content (AvgIpc) is 3.27. The van der Waals surface area contributed by atoms with Crippen molar-refractivity contribution < 1.29 is 14.3 Å². The Morgan fingerprint density at radius 3 is 2.83 bits per heavy atom. The van der Waals surface area contributed by atoms with E-state index >= 15 is 0 Å². The van der Waals surface area contributed by atoms with E-state index in [1.54, 1.807) is 0 Å². The smallest absolute Gasteiger partial charge is 0.341 e. The predicted octanol–water partition coefficient (Wildman–Crippen LogP) is 4.60. The summed E-state index contributed by atoms with van der Waals surface area (Å²) in [5, 5.41) is 6.58. The fourth-order valence-electron chi connectivity index (χ4n) is 4.49. The van der Waals surface area contributed by atoms with Gasteiger partial charge >= 0.3 is 12.0 Å². The zero-order valence-corrected chi connectivity index (χ0v) is 20.6. The lowest BCUT2D eigenvalue weighted by Crippen LogP contribution is -2.36. The zero-order chi connectivity index (χ0) is 21.3. The largest absolute Gasteiger partial charge is 0.465 e. The van der Waals surface area contributed by atoms with Crippen molar-refractivity contribution in [3.05, 3.63) is 26.5 Å². The van der Waals surface area contributed by atoms with Gasteiger partial charge in [0.05, 0.1) is 16.8 Å². The van der Waals surface area contributed by atoms with Gasteiger partial charge in [0.25, 0.3) is 0 Å². The summed E-state index contributed by atoms with van der Waals surface area (Å²) in [6.45, 7) is 5.96. The van der Waals surface area contributed by atoms with Crippen molar-refractivity contribution in [2.45, 2.75) is 43.2 Å². The van der Waals surface area contributed by atoms with Gasteiger partial charge in [-0.25, -0.2) is 9.59 Å². The highest BCUT2D eigenvalue weighted by molar-refractivity contribution is 9.11. The summed E-state index contributed by atoms with van der Waals surface area (Å²) in [4.78, 5) is 30.2. The molecule has 30 heavy (non-hydrogen) atoms. The first-order valence-electron chi connectivity index (χ1n) is 10.5. The number of methoxy groups -OCH3 is 1. The molecule has 3 heterocycles. The molecule has 3 aliphatic rings. The number of halogens is 1. The summed E-state index contributed by atoms with van der Waals surface area (Å²) in [5.74, 6) is -0.0683. The molecule has 1 aromatic heterocycles. The fourth-order valence-corrected chi connectivity index (χ4v) is 8.30. The number of nitrogens with zero attached hydrogens (tertiary/aromatic N) is 1. The Bertz CT molecular complexity index is 870. The van der Waals surface area contributed by atoms with E-state index in [-0.39, 0.29) is 12.0 Å². The molecule has 0 bridgehead atoms. The third kappa shape index (κ3) is 4.45. The average molecular weight is 515 g/mol. The molecule has 2 atom stereocenters. The van der Waals surface area contributed by atoms with E-state index in [0.29, 0.717) is 27.2 Å². The molecule has 2 unspecified atom stereocenters. The van der Waals surface area contributed by atoms with Gasteiger partial charge in [-0.2, -0.15) is 0 Å². The number of nitrogens with one attached hydrogen (secondary N) is 2. The van der Waals surface area contributed by atoms with Crippen molar-refractivity contribution in [1.29, 1.82) is 0 Å². The lowest BCUT2D eigenvalue weighted by molar-refractivity contribution is 0.0601. The van der Waals surface area contributed by atoms with Gasteiger partial charge < -0.3 is 10.1 Å². The Labute approximate surface area is 194 Å². The summed E-state index contributed by atoms with van der Waals surface area (Å²) >= 11 is 7.20. The van der Waals surface area contributed by atoms with Crippen LogP contribution < -0.4 is 10.6 Å². The summed E-state index contributed by atoms with van der Waals surface area (Å²) in [7, 11) is 1.39. The molecule has 0 saturated heterocycles. The number of amides is 2. The van der Waals surface area contributed by atoms with Crippen LogP contribution in [0.3, 0.4) is 0 Å². The number of aryl methyl sites for hydroxylation is 1. The molecule has 6 nitrogen and oxygen atoms in total. The van der Waals surface area contributed by atoms with Crippen LogP contribution in [0.2, 0.25) is 0 Å². The second kappa shape index (κ2) is 9.63. The number of ether oxygens (including phenoxy) is 1. The highest BCUT2D eigenvalue weighted by atomic mass is 79.9. The highest BCUT2D eigenvalue weighted by Gasteiger charge is 2.36. The molecule has 2 amide bonds. The van der Waals surface area contributed by atoms with Gasteiger partial charge in [0.2, 0.25) is 0 Å². The number of hydrogen-bond donors (Lipinski definition) is 2. The van der Waals surface area contributed by atoms with Crippen molar-refractivity contribution in [3.63, 3.8) is 0 Å². The lowest BCUT2D eigenvalue weighted by Gasteiger charge is -2.28. The van der Waals surface area contributed by atoms with Gasteiger partial charge in [-0.3, -0.25) is 10.2 Å². The van der Waals surface area contributed by atoms with Crippen molar-refractivity contribution in [3.8, 4) is 0 Å². The van der Waals surface area contributed by atoms with Crippen LogP contribution >= 0.6 is 39.0 Å². The lowest BCUT2D eigenvalue weighted by atomic mass is 9.95. The number of thiophene rings is 1. The van der Waals surface area contributed by atoms with E-state index in [1.807, 2.05) is 11.8 Å². The number of likely N-dealkylation sites (N-methyl/N-ethyl adjacent to an activating group) is 1. The molecule has 0 spiro atoms. The maximum absolute atomic E-state index is 12.7. The van der Waals surface area contributed by atoms with Crippen LogP contribution in [0.4, 0.5) is 9.80 Å². The molecular weight excluding hydrogens is 486 g/mol. The number of alkyl halides is 1. The van der Waals surface area contributed by atoms with Crippen LogP contribution in [0, 0.1) is 5.92 Å². The molecule has 4 rings (SSSR count). The van der Waals surface area contributed by atoms with E-state index in [2.05, 4.69) is 38.4 Å². The molecule has 0 radical (unpaired) electrons. The van der Waals surface area contributed by atoms with Crippen LogP contribution in [-0.4, -0.2) is 54.3 Å². The first kappa shape index (κ1) is 22.2. The maximum Gasteiger partial charge on any atom is 0.341 e. The number of anilines is 1. The number of urea groups is 1. The Kier molecular flexibility index (Phi) is 7.12. The molecule has 2 N–H and O–H groups in total. The monoisotopic (exact) mass is 513 g/mol. The van der Waals surface area contributed by atoms with Crippen molar-refractivity contribution in [1.82, 2.24) is 10.2 Å². The first-order chi connectivity index (χ1) is 14.5. The fraction of sp³-hybridized carbons (Fsp3) is 0.619. The van der Waals surface area contributed by atoms with Crippen molar-refractivity contribution >= 4 is 56.0 Å². The van der Waals surface area contributed by atoms with Crippen molar-refractivity contribution in [2.24, 2.45) is 5.92 Å². The van der Waals surface area contributed by atoms with Crippen LogP contribution in [0.5, 0.6) is 0 Å². The van der Waals surface area contributed by atoms with E-state index < -0.39 is 0 Å². The molecule has 1 aliphatic carbocycles. The molecule has 0 saturated carbocycles. The van der Waals surface area contributed by atoms with Gasteiger partial charge in [-0.1, -0.05) is 28.4 Å². The Morgan fingerprint density at radius 1 is 1.27 bits per heavy atom. The quantitative estimate of drug-likeness (QED) is 0.444. The Hall–Kier alpha value is -1.03. The molecule has 0 aromatic carbocycles. The summed E-state index contributed by atoms with van der Waals surface area (Å²) in [6, 6.07) is -0.261. The van der Waals surface area contributed by atoms with Gasteiger partial charge in [-0.15, -0.1) is 23.1 Å². The molecular formula is C21H28BrN3O3S2. The molecule has 0 fully saturated rings. The number of esters is 1. The van der Waals surface area contributed by atoms with E-state index in [1.165, 1.54) is 33.8 Å². The number of thioether (sulfide) groups is 1. The standard InChI is InChI=1S/C21H28BrN3O3S2/c1-3-25-9-8-12-14(18(22)29-16(12)11-25)10-23-21(27)24-19-17(20(26)28-2)13-6-4-5-7-15(13)30-19/h14,18H,3-11H2,1-2H3,(H2,23,24,27). The zero-order valence-electron chi connectivity index (χ0n) is 17.4. The first-order valence-corrected chi connectivity index (χ1v) is 13.2. The number of hydrogen-bond acceptors (Lipinski definition) is 6. The minimum absolute atomic E-state index is 0.261. The van der Waals surface area contributed by atoms with E-state index in [0.717, 1.165) is 57.3 Å². The van der Waals surface area contributed by atoms with Crippen molar-refractivity contribution in [2.75, 3.05) is 38.6 Å². The summed E-state index contributed by atoms with van der Waals surface area (Å²) < 4.78 is 5.28. The normalized spacial score (nSPS) is 23.7. The molecule has 9 heteroatoms. The summed E-state index contributed by atoms with van der Waals surface area (Å²) in [6.07, 6.45) is 5.09. The summed E-state index contributed by atoms with van der Waals surface area (Å²) in [5.41, 5.74) is 3.08. The van der Waals surface area contributed by atoms with Crippen LogP contribution in [0.1, 0.15) is 47.0 Å². The third-order valence-electron chi connectivity index (χ3n) is 6.16. The Morgan fingerprint density at radius 2 is 2.07 bits per heavy atom. The van der Waals surface area contributed by atoms with Crippen LogP contribution in [0.15, 0.2) is 10.5 Å². The third-order valence-corrected chi connectivity index (χ3v) is 9.79. The molecule has 1 aromatic rings. The van der Waals surface area contributed by atoms with E-state index in [9.17, 15) is 9.59 Å². The Balaban J connectivity index is 1.42. The predicted molar refractivity (Wildman–Crippen MR) is 127 cm³/mol. The number of fused-ring (bicyclic) bond motifs is 1. The minimum Gasteiger partial charge on any atom is -0.465 e. The minimum atomic E-state index is -0.366. The second-order valence-electron chi connectivity index (χ2n) is 7.88. The SMILES string of the molecule is CCN1CCC2=C(C1)SC(Br)C2CNC(=O)Nc1sc2c(c1C(=O)OC)CCCC2. The number of rotatable bonds is 5. The maximum atomic E-state index is 12.7. The van der Waals surface area contributed by atoms with Gasteiger partial charge in [0.15, 0.2) is 0 Å². The topological polar surface area (TPSA) is 70.7 Å². The number of carbonyl (C=O) groups excluding carboxylic acids is 2. The number of carbonyl (C=O) groups is 2. The van der Waals surface area contributed by atoms with Crippen LogP contribution in [-0.2, 0) is 17.6 Å². The highest BCUT2D eigenvalue weighted by Crippen LogP contribution is 2.48. The van der Waals surface area contributed by atoms with Gasteiger partial charge in [0.1, 0.15) is 5.00 Å². The van der Waals surface area contributed by atoms with Gasteiger partial charge in [-0.05, 0) is 49.1 Å².